The van der Waals surface area contributed by atoms with Gasteiger partial charge in [0.1, 0.15) is 11.1 Å². The Kier molecular flexibility index (Phi) is 5.28. The Bertz CT molecular complexity index is 776. The van der Waals surface area contributed by atoms with E-state index in [9.17, 15) is 9.59 Å². The number of ether oxygens (including phenoxy) is 1. The lowest BCUT2D eigenvalue weighted by atomic mass is 10.1. The summed E-state index contributed by atoms with van der Waals surface area (Å²) in [6.07, 6.45) is 0.441. The van der Waals surface area contributed by atoms with Crippen molar-refractivity contribution in [1.82, 2.24) is 0 Å². The number of para-hydroxylation sites is 2. The lowest BCUT2D eigenvalue weighted by molar-refractivity contribution is -0.116. The minimum atomic E-state index is -0.111. The van der Waals surface area contributed by atoms with Crippen LogP contribution in [0, 0.1) is 0 Å². The van der Waals surface area contributed by atoms with E-state index in [1.165, 1.54) is 0 Å². The summed E-state index contributed by atoms with van der Waals surface area (Å²) >= 11 is 1.58. The molecule has 1 N–H and O–H groups in total. The van der Waals surface area contributed by atoms with Crippen molar-refractivity contribution in [3.05, 3.63) is 54.1 Å². The van der Waals surface area contributed by atoms with Gasteiger partial charge in [0.15, 0.2) is 0 Å². The molecule has 1 saturated heterocycles. The first kappa shape index (κ1) is 17.4. The zero-order valence-corrected chi connectivity index (χ0v) is 15.0. The number of carbonyl (C=O) groups is 2. The number of nitrogens with one attached hydrogen (secondary N) is 1. The SMILES string of the molecule is CCC(=O)Nc1ccc(C2SCC(=O)N2c2ccccc2OC)cc1. The topological polar surface area (TPSA) is 58.6 Å². The largest absolute Gasteiger partial charge is 0.495 e. The molecule has 1 aliphatic rings. The van der Waals surface area contributed by atoms with Gasteiger partial charge in [-0.15, -0.1) is 11.8 Å². The highest BCUT2D eigenvalue weighted by molar-refractivity contribution is 8.00. The molecule has 2 aromatic rings. The molecule has 1 heterocycles. The van der Waals surface area contributed by atoms with Gasteiger partial charge >= 0.3 is 0 Å². The van der Waals surface area contributed by atoms with Gasteiger partial charge < -0.3 is 10.1 Å². The Hall–Kier alpha value is -2.47. The molecule has 2 aromatic carbocycles. The van der Waals surface area contributed by atoms with Crippen LogP contribution in [0.15, 0.2) is 48.5 Å². The van der Waals surface area contributed by atoms with Gasteiger partial charge in [0.2, 0.25) is 11.8 Å². The summed E-state index contributed by atoms with van der Waals surface area (Å²) in [7, 11) is 1.60. The summed E-state index contributed by atoms with van der Waals surface area (Å²) in [5.74, 6) is 1.14. The minimum Gasteiger partial charge on any atom is -0.495 e. The standard InChI is InChI=1S/C19H20N2O3S/c1-3-17(22)20-14-10-8-13(9-11-14)19-21(18(23)12-25-19)15-6-4-5-7-16(15)24-2/h4-11,19H,3,12H2,1-2H3,(H,20,22). The molecular formula is C19H20N2O3S. The van der Waals surface area contributed by atoms with Crippen molar-refractivity contribution in [2.24, 2.45) is 0 Å². The van der Waals surface area contributed by atoms with E-state index in [1.54, 1.807) is 23.8 Å². The monoisotopic (exact) mass is 356 g/mol. The fourth-order valence-corrected chi connectivity index (χ4v) is 3.91. The molecule has 0 radical (unpaired) electrons. The Balaban J connectivity index is 1.88. The lowest BCUT2D eigenvalue weighted by Gasteiger charge is -2.26. The van der Waals surface area contributed by atoms with E-state index >= 15 is 0 Å². The van der Waals surface area contributed by atoms with E-state index in [1.807, 2.05) is 55.5 Å². The molecule has 3 rings (SSSR count). The lowest BCUT2D eigenvalue weighted by Crippen LogP contribution is -2.28. The van der Waals surface area contributed by atoms with Crippen molar-refractivity contribution in [2.75, 3.05) is 23.1 Å². The molecule has 0 bridgehead atoms. The summed E-state index contributed by atoms with van der Waals surface area (Å²) < 4.78 is 5.41. The number of thioether (sulfide) groups is 1. The van der Waals surface area contributed by atoms with Crippen LogP contribution in [0.2, 0.25) is 0 Å². The molecule has 5 nitrogen and oxygen atoms in total. The van der Waals surface area contributed by atoms with Crippen molar-refractivity contribution in [3.63, 3.8) is 0 Å². The fourth-order valence-electron chi connectivity index (χ4n) is 2.74. The molecule has 2 amide bonds. The van der Waals surface area contributed by atoms with Gasteiger partial charge in [-0.05, 0) is 29.8 Å². The second-order valence-corrected chi connectivity index (χ2v) is 6.69. The molecule has 0 saturated carbocycles. The highest BCUT2D eigenvalue weighted by Gasteiger charge is 2.35. The predicted molar refractivity (Wildman–Crippen MR) is 101 cm³/mol. The second-order valence-electron chi connectivity index (χ2n) is 5.62. The van der Waals surface area contributed by atoms with Crippen LogP contribution in [-0.4, -0.2) is 24.7 Å². The van der Waals surface area contributed by atoms with Crippen LogP contribution in [0.5, 0.6) is 5.75 Å². The molecule has 130 valence electrons. The van der Waals surface area contributed by atoms with Gasteiger partial charge in [0, 0.05) is 12.1 Å². The molecular weight excluding hydrogens is 336 g/mol. The fraction of sp³-hybridized carbons (Fsp3) is 0.263. The third-order valence-electron chi connectivity index (χ3n) is 4.01. The molecule has 1 atom stereocenters. The Morgan fingerprint density at radius 3 is 2.64 bits per heavy atom. The molecule has 6 heteroatoms. The average molecular weight is 356 g/mol. The number of anilines is 2. The van der Waals surface area contributed by atoms with Gasteiger partial charge in [0.05, 0.1) is 18.6 Å². The highest BCUT2D eigenvalue weighted by atomic mass is 32.2. The van der Waals surface area contributed by atoms with Crippen LogP contribution in [0.4, 0.5) is 11.4 Å². The smallest absolute Gasteiger partial charge is 0.238 e. The number of methoxy groups -OCH3 is 1. The van der Waals surface area contributed by atoms with Crippen molar-refractivity contribution < 1.29 is 14.3 Å². The number of rotatable bonds is 5. The number of hydrogen-bond acceptors (Lipinski definition) is 4. The Morgan fingerprint density at radius 1 is 1.24 bits per heavy atom. The number of hydrogen-bond donors (Lipinski definition) is 1. The van der Waals surface area contributed by atoms with E-state index in [-0.39, 0.29) is 17.2 Å². The van der Waals surface area contributed by atoms with Crippen molar-refractivity contribution in [3.8, 4) is 5.75 Å². The quantitative estimate of drug-likeness (QED) is 0.885. The first-order chi connectivity index (χ1) is 12.1. The van der Waals surface area contributed by atoms with Gasteiger partial charge in [0.25, 0.3) is 0 Å². The van der Waals surface area contributed by atoms with Gasteiger partial charge in [-0.1, -0.05) is 31.2 Å². The predicted octanol–water partition coefficient (Wildman–Crippen LogP) is 3.82. The van der Waals surface area contributed by atoms with Crippen LogP contribution < -0.4 is 15.0 Å². The number of benzene rings is 2. The van der Waals surface area contributed by atoms with Crippen LogP contribution in [0.25, 0.3) is 0 Å². The van der Waals surface area contributed by atoms with Crippen LogP contribution in [0.3, 0.4) is 0 Å². The van der Waals surface area contributed by atoms with Crippen LogP contribution in [0.1, 0.15) is 24.3 Å². The van der Waals surface area contributed by atoms with Crippen LogP contribution in [-0.2, 0) is 9.59 Å². The summed E-state index contributed by atoms with van der Waals surface area (Å²) in [5.41, 5.74) is 2.54. The van der Waals surface area contributed by atoms with Crippen LogP contribution >= 0.6 is 11.8 Å². The summed E-state index contributed by atoms with van der Waals surface area (Å²) in [6, 6.07) is 15.2. The van der Waals surface area contributed by atoms with Gasteiger partial charge in [-0.25, -0.2) is 0 Å². The molecule has 0 aliphatic carbocycles. The van der Waals surface area contributed by atoms with E-state index < -0.39 is 0 Å². The third kappa shape index (κ3) is 3.64. The van der Waals surface area contributed by atoms with Gasteiger partial charge in [-0.2, -0.15) is 0 Å². The Labute approximate surface area is 151 Å². The third-order valence-corrected chi connectivity index (χ3v) is 5.23. The molecule has 0 spiro atoms. The highest BCUT2D eigenvalue weighted by Crippen LogP contribution is 2.44. The molecule has 1 unspecified atom stereocenters. The molecule has 1 aliphatic heterocycles. The first-order valence-corrected chi connectivity index (χ1v) is 9.15. The maximum absolute atomic E-state index is 12.5. The van der Waals surface area contributed by atoms with Gasteiger partial charge in [-0.3, -0.25) is 14.5 Å². The van der Waals surface area contributed by atoms with E-state index in [0.29, 0.717) is 17.9 Å². The average Bonchev–Trinajstić information content (AvgIpc) is 3.03. The van der Waals surface area contributed by atoms with E-state index in [4.69, 9.17) is 4.74 Å². The summed E-state index contributed by atoms with van der Waals surface area (Å²) in [4.78, 5) is 25.7. The zero-order chi connectivity index (χ0) is 17.8. The van der Waals surface area contributed by atoms with Crippen molar-refractivity contribution in [2.45, 2.75) is 18.7 Å². The Morgan fingerprint density at radius 2 is 1.96 bits per heavy atom. The second kappa shape index (κ2) is 7.61. The minimum absolute atomic E-state index is 0.0196. The summed E-state index contributed by atoms with van der Waals surface area (Å²) in [5, 5.41) is 2.72. The van der Waals surface area contributed by atoms with Crippen molar-refractivity contribution >= 4 is 35.0 Å². The maximum atomic E-state index is 12.5. The van der Waals surface area contributed by atoms with E-state index in [2.05, 4.69) is 5.32 Å². The first-order valence-electron chi connectivity index (χ1n) is 8.10. The number of nitrogens with zero attached hydrogens (tertiary/aromatic N) is 1. The maximum Gasteiger partial charge on any atom is 0.238 e. The van der Waals surface area contributed by atoms with Crippen molar-refractivity contribution in [1.29, 1.82) is 0 Å². The summed E-state index contributed by atoms with van der Waals surface area (Å²) in [6.45, 7) is 1.82. The van der Waals surface area contributed by atoms with E-state index in [0.717, 1.165) is 16.9 Å². The normalized spacial score (nSPS) is 16.8. The molecule has 0 aromatic heterocycles. The number of amides is 2. The molecule has 25 heavy (non-hydrogen) atoms. The zero-order valence-electron chi connectivity index (χ0n) is 14.2. The molecule has 1 fully saturated rings. The number of carbonyl (C=O) groups excluding carboxylic acids is 2.